The molecule has 1 saturated carbocycles. The maximum absolute atomic E-state index is 13.5. The van der Waals surface area contributed by atoms with E-state index in [1.165, 1.54) is 6.92 Å². The molecule has 3 aromatic rings. The third kappa shape index (κ3) is 7.71. The van der Waals surface area contributed by atoms with Gasteiger partial charge in [0.2, 0.25) is 11.7 Å². The highest BCUT2D eigenvalue weighted by atomic mass is 16.7. The van der Waals surface area contributed by atoms with Gasteiger partial charge in [-0.15, -0.1) is 0 Å². The summed E-state index contributed by atoms with van der Waals surface area (Å²) in [4.78, 5) is 43.7. The Kier molecular flexibility index (Phi) is 11.5. The first-order valence-electron chi connectivity index (χ1n) is 18.6. The maximum Gasteiger partial charge on any atom is 0.263 e. The lowest BCUT2D eigenvalue weighted by Gasteiger charge is -2.48. The zero-order valence-electron chi connectivity index (χ0n) is 30.6. The van der Waals surface area contributed by atoms with Gasteiger partial charge < -0.3 is 60.2 Å². The number of β-amino-alcohol motifs (C(OH)–C–C–N with tert-alkyl or cyclic N) is 1. The van der Waals surface area contributed by atoms with E-state index >= 15 is 0 Å². The van der Waals surface area contributed by atoms with Gasteiger partial charge in [-0.25, -0.2) is 9.97 Å². The van der Waals surface area contributed by atoms with Crippen molar-refractivity contribution < 1.29 is 54.8 Å². The van der Waals surface area contributed by atoms with E-state index in [-0.39, 0.29) is 35.4 Å². The number of aliphatic hydroxyl groups is 7. The minimum absolute atomic E-state index is 0.0404. The largest absolute Gasteiger partial charge is 0.394 e. The molecule has 19 heteroatoms. The van der Waals surface area contributed by atoms with E-state index in [1.54, 1.807) is 30.0 Å². The Morgan fingerprint density at radius 2 is 1.75 bits per heavy atom. The van der Waals surface area contributed by atoms with Crippen LogP contribution < -0.4 is 15.8 Å². The van der Waals surface area contributed by atoms with Gasteiger partial charge in [0.15, 0.2) is 12.1 Å². The normalized spacial score (nSPS) is 32.3. The summed E-state index contributed by atoms with van der Waals surface area (Å²) in [5.74, 6) is -1.70. The summed E-state index contributed by atoms with van der Waals surface area (Å²) in [5.41, 5.74) is 1.74. The second-order valence-electron chi connectivity index (χ2n) is 14.9. The number of rotatable bonds is 10. The molecule has 0 unspecified atom stereocenters. The molecule has 4 aliphatic rings. The van der Waals surface area contributed by atoms with E-state index in [4.69, 9.17) is 19.2 Å². The number of aromatic nitrogens is 4. The molecule has 0 radical (unpaired) electrons. The van der Waals surface area contributed by atoms with Crippen molar-refractivity contribution in [3.63, 3.8) is 0 Å². The maximum atomic E-state index is 13.5. The molecule has 6 heterocycles. The second-order valence-corrected chi connectivity index (χ2v) is 14.9. The van der Waals surface area contributed by atoms with Gasteiger partial charge in [0.1, 0.15) is 54.2 Å². The first kappa shape index (κ1) is 39.5. The first-order chi connectivity index (χ1) is 26.3. The van der Waals surface area contributed by atoms with E-state index in [0.29, 0.717) is 48.6 Å². The van der Waals surface area contributed by atoms with Crippen molar-refractivity contribution in [2.24, 2.45) is 0 Å². The number of hydrogen-bond acceptors (Lipinski definition) is 18. The van der Waals surface area contributed by atoms with Gasteiger partial charge in [-0.2, -0.15) is 4.98 Å². The van der Waals surface area contributed by atoms with Crippen LogP contribution in [0.1, 0.15) is 54.6 Å². The molecule has 4 fully saturated rings. The molecule has 3 saturated heterocycles. The summed E-state index contributed by atoms with van der Waals surface area (Å²) in [5, 5.41) is 76.9. The van der Waals surface area contributed by atoms with E-state index < -0.39 is 68.0 Å². The molecule has 19 nitrogen and oxygen atoms in total. The average molecular weight is 772 g/mol. The van der Waals surface area contributed by atoms with Crippen LogP contribution in [0.25, 0.3) is 11.0 Å². The summed E-state index contributed by atoms with van der Waals surface area (Å²) in [6, 6.07) is 3.65. The highest BCUT2D eigenvalue weighted by Crippen LogP contribution is 2.33. The molecule has 300 valence electrons. The topological polar surface area (TPSA) is 266 Å². The quantitative estimate of drug-likeness (QED) is 0.107. The van der Waals surface area contributed by atoms with Crippen LogP contribution in [0.4, 0.5) is 17.5 Å². The Balaban J connectivity index is 0.974. The van der Waals surface area contributed by atoms with Crippen molar-refractivity contribution in [2.45, 2.75) is 100 Å². The van der Waals surface area contributed by atoms with Crippen LogP contribution >= 0.6 is 0 Å². The molecule has 9 atom stereocenters. The van der Waals surface area contributed by atoms with E-state index in [1.807, 2.05) is 11.0 Å². The van der Waals surface area contributed by atoms with Gasteiger partial charge in [0, 0.05) is 43.8 Å². The molecule has 0 amide bonds. The first-order valence-corrected chi connectivity index (χ1v) is 18.6. The third-order valence-corrected chi connectivity index (χ3v) is 11.2. The SMILES string of the molecule is CC(=O)c1c(C)c2cnc(Nc3ccc(N4CCN(C[C@@]5(O)OC[C@H](O)[C@@H](O[C@@H]6O[C@H](CO)[C@H](O)[C@H](O)[C@H]6O)[C@H]5O)CC4)cn3)nc2n(C2CCCC2)c1=O. The molecule has 1 aliphatic carbocycles. The fourth-order valence-electron chi connectivity index (χ4n) is 8.07. The molecule has 7 rings (SSSR count). The summed E-state index contributed by atoms with van der Waals surface area (Å²) in [6.07, 6.45) is -5.69. The lowest BCUT2D eigenvalue weighted by atomic mass is 9.95. The summed E-state index contributed by atoms with van der Waals surface area (Å²) < 4.78 is 18.2. The number of nitrogens with zero attached hydrogens (tertiary/aromatic N) is 6. The number of aliphatic hydroxyl groups excluding tert-OH is 6. The van der Waals surface area contributed by atoms with Gasteiger partial charge in [-0.1, -0.05) is 12.8 Å². The highest BCUT2D eigenvalue weighted by Gasteiger charge is 2.53. The molecule has 0 spiro atoms. The van der Waals surface area contributed by atoms with Crippen molar-refractivity contribution in [1.29, 1.82) is 0 Å². The van der Waals surface area contributed by atoms with Gasteiger partial charge in [-0.3, -0.25) is 19.1 Å². The van der Waals surface area contributed by atoms with Crippen LogP contribution in [0.5, 0.6) is 0 Å². The van der Waals surface area contributed by atoms with Crippen molar-refractivity contribution in [1.82, 2.24) is 24.4 Å². The van der Waals surface area contributed by atoms with Crippen molar-refractivity contribution in [2.75, 3.05) is 56.2 Å². The Morgan fingerprint density at radius 3 is 2.40 bits per heavy atom. The van der Waals surface area contributed by atoms with E-state index in [9.17, 15) is 45.3 Å². The Morgan fingerprint density at radius 1 is 1.02 bits per heavy atom. The minimum Gasteiger partial charge on any atom is -0.394 e. The number of carbonyl (C=O) groups excluding carboxylic acids is 1. The van der Waals surface area contributed by atoms with Crippen LogP contribution in [0.3, 0.4) is 0 Å². The zero-order chi connectivity index (χ0) is 39.2. The minimum atomic E-state index is -2.17. The van der Waals surface area contributed by atoms with Gasteiger partial charge >= 0.3 is 0 Å². The molecule has 0 bridgehead atoms. The zero-order valence-corrected chi connectivity index (χ0v) is 30.6. The van der Waals surface area contributed by atoms with Crippen LogP contribution in [-0.4, -0.2) is 167 Å². The summed E-state index contributed by atoms with van der Waals surface area (Å²) in [6.45, 7) is 3.94. The predicted octanol–water partition coefficient (Wildman–Crippen LogP) is -1.70. The molecule has 3 aliphatic heterocycles. The number of piperazine rings is 1. The lowest BCUT2D eigenvalue weighted by Crippen LogP contribution is -2.68. The smallest absolute Gasteiger partial charge is 0.263 e. The Hall–Kier alpha value is -3.73. The number of aryl methyl sites for hydroxylation is 1. The second kappa shape index (κ2) is 16.0. The number of hydrogen-bond donors (Lipinski definition) is 8. The average Bonchev–Trinajstić information content (AvgIpc) is 3.70. The fraction of sp³-hybridized carbons (Fsp3) is 0.639. The molecular formula is C36H49N7O12. The number of carbonyl (C=O) groups is 1. The van der Waals surface area contributed by atoms with Crippen molar-refractivity contribution in [3.8, 4) is 0 Å². The Labute approximate surface area is 315 Å². The summed E-state index contributed by atoms with van der Waals surface area (Å²) >= 11 is 0. The van der Waals surface area contributed by atoms with E-state index in [0.717, 1.165) is 31.4 Å². The van der Waals surface area contributed by atoms with Crippen LogP contribution in [0.15, 0.2) is 29.3 Å². The number of Topliss-reactive ketones (excluding diaryl/α,β-unsaturated/α-hetero) is 1. The molecule has 0 aromatic carbocycles. The van der Waals surface area contributed by atoms with Gasteiger partial charge in [0.05, 0.1) is 37.2 Å². The van der Waals surface area contributed by atoms with Crippen LogP contribution in [0, 0.1) is 6.92 Å². The molecule has 3 aromatic heterocycles. The third-order valence-electron chi connectivity index (χ3n) is 11.2. The predicted molar refractivity (Wildman–Crippen MR) is 194 cm³/mol. The van der Waals surface area contributed by atoms with Gasteiger partial charge in [0.25, 0.3) is 5.56 Å². The Bertz CT molecular complexity index is 1900. The molecular weight excluding hydrogens is 722 g/mol. The number of ketones is 1. The monoisotopic (exact) mass is 771 g/mol. The van der Waals surface area contributed by atoms with Crippen LogP contribution in [-0.2, 0) is 14.2 Å². The van der Waals surface area contributed by atoms with Crippen LogP contribution in [0.2, 0.25) is 0 Å². The number of pyridine rings is 2. The number of anilines is 3. The highest BCUT2D eigenvalue weighted by molar-refractivity contribution is 5.99. The number of nitrogens with one attached hydrogen (secondary N) is 1. The number of fused-ring (bicyclic) bond motifs is 1. The lowest BCUT2D eigenvalue weighted by molar-refractivity contribution is -0.370. The standard InChI is InChI=1S/C36H49N7O12/c1-18-22-14-38-35(40-32(22)43(20-5-3-4-6-20)33(51)26(18)19(2)45)39-25-8-7-21(13-37-25)42-11-9-41(10-12-42)17-36(52)31(50)30(23(46)16-53-36)55-34-29(49)28(48)27(47)24(15-44)54-34/h7-8,13-14,20,23-24,27-31,34,44,46-50,52H,3-6,9-12,15-17H2,1-2H3,(H,37,38,39,40)/t23-,24+,27-,28-,29+,30+,31+,34-,36+/m0/s1. The van der Waals surface area contributed by atoms with Gasteiger partial charge in [-0.05, 0) is 44.4 Å². The summed E-state index contributed by atoms with van der Waals surface area (Å²) in [7, 11) is 0. The molecule has 8 N–H and O–H groups in total. The molecule has 55 heavy (non-hydrogen) atoms. The van der Waals surface area contributed by atoms with E-state index in [2.05, 4.69) is 20.2 Å². The number of ether oxygens (including phenoxy) is 3. The van der Waals surface area contributed by atoms with Crippen molar-refractivity contribution >= 4 is 34.3 Å². The van der Waals surface area contributed by atoms with Crippen molar-refractivity contribution in [3.05, 3.63) is 46.0 Å². The fourth-order valence-corrected chi connectivity index (χ4v) is 8.07.